The molecular weight excluding hydrogens is 541 g/mol. The van der Waals surface area contributed by atoms with Crippen molar-refractivity contribution < 1.29 is 9.47 Å². The third-order valence-corrected chi connectivity index (χ3v) is 8.36. The van der Waals surface area contributed by atoms with E-state index in [2.05, 4.69) is 49.2 Å². The van der Waals surface area contributed by atoms with Crippen molar-refractivity contribution in [2.75, 3.05) is 14.2 Å². The van der Waals surface area contributed by atoms with Crippen LogP contribution < -0.4 is 9.47 Å². The Hall–Kier alpha value is -4.28. The van der Waals surface area contributed by atoms with Crippen molar-refractivity contribution in [3.05, 3.63) is 96.6 Å². The quantitative estimate of drug-likeness (QED) is 0.135. The average Bonchev–Trinajstić information content (AvgIpc) is 3.67. The Bertz CT molecular complexity index is 1670. The summed E-state index contributed by atoms with van der Waals surface area (Å²) in [7, 11) is 3.34. The Morgan fingerprint density at radius 1 is 0.750 bits per heavy atom. The van der Waals surface area contributed by atoms with Crippen molar-refractivity contribution in [2.45, 2.75) is 21.7 Å². The van der Waals surface area contributed by atoms with Gasteiger partial charge < -0.3 is 19.4 Å². The van der Waals surface area contributed by atoms with Crippen LogP contribution in [0.1, 0.15) is 11.1 Å². The van der Waals surface area contributed by atoms with Gasteiger partial charge in [0.1, 0.15) is 28.4 Å². The van der Waals surface area contributed by atoms with E-state index in [4.69, 9.17) is 14.5 Å². The lowest BCUT2D eigenvalue weighted by molar-refractivity contribution is 0.414. The van der Waals surface area contributed by atoms with Crippen LogP contribution in [-0.2, 0) is 11.5 Å². The van der Waals surface area contributed by atoms with E-state index in [1.54, 1.807) is 50.4 Å². The first-order valence-corrected chi connectivity index (χ1v) is 14.5. The summed E-state index contributed by atoms with van der Waals surface area (Å²) in [6.45, 7) is 0. The molecule has 40 heavy (non-hydrogen) atoms. The summed E-state index contributed by atoms with van der Waals surface area (Å²) in [6, 6.07) is 24.6. The molecule has 0 atom stereocenters. The zero-order chi connectivity index (χ0) is 27.3. The average molecular weight is 567 g/mol. The van der Waals surface area contributed by atoms with E-state index in [0.29, 0.717) is 5.65 Å². The van der Waals surface area contributed by atoms with Crippen molar-refractivity contribution in [2.24, 2.45) is 0 Å². The molecule has 0 fully saturated rings. The van der Waals surface area contributed by atoms with E-state index in [0.717, 1.165) is 61.2 Å². The van der Waals surface area contributed by atoms with Crippen LogP contribution in [0.15, 0.2) is 95.6 Å². The molecule has 0 saturated heterocycles. The van der Waals surface area contributed by atoms with E-state index in [1.165, 1.54) is 11.1 Å². The number of nitrogens with zero attached hydrogens (tertiary/aromatic N) is 4. The summed E-state index contributed by atoms with van der Waals surface area (Å²) in [5.41, 5.74) is 7.94. The van der Waals surface area contributed by atoms with Crippen molar-refractivity contribution >= 4 is 34.7 Å². The number of nitrogens with one attached hydrogen (secondary N) is 2. The normalized spacial score (nSPS) is 11.2. The van der Waals surface area contributed by atoms with Crippen LogP contribution in [-0.4, -0.2) is 44.1 Å². The predicted molar refractivity (Wildman–Crippen MR) is 160 cm³/mol. The molecule has 8 nitrogen and oxygen atoms in total. The Labute approximate surface area is 240 Å². The lowest BCUT2D eigenvalue weighted by Gasteiger charge is -2.06. The highest BCUT2D eigenvalue weighted by molar-refractivity contribution is 7.98. The smallest absolute Gasteiger partial charge is 0.181 e. The van der Waals surface area contributed by atoms with Gasteiger partial charge in [0.05, 0.1) is 31.9 Å². The predicted octanol–water partition coefficient (Wildman–Crippen LogP) is 7.01. The SMILES string of the molecule is COc1ccc(-c2nc(SCc3cccc(CSc4ncnc5nc[nH]c45)c3)[nH]c2-c2ccc(OC)cc2)cc1. The second kappa shape index (κ2) is 11.8. The molecule has 0 radical (unpaired) electrons. The highest BCUT2D eigenvalue weighted by Gasteiger charge is 2.15. The maximum Gasteiger partial charge on any atom is 0.181 e. The molecule has 0 aliphatic rings. The largest absolute Gasteiger partial charge is 0.497 e. The summed E-state index contributed by atoms with van der Waals surface area (Å²) >= 11 is 3.35. The Balaban J connectivity index is 1.20. The van der Waals surface area contributed by atoms with Crippen molar-refractivity contribution in [1.29, 1.82) is 0 Å². The molecule has 0 amide bonds. The molecule has 0 bridgehead atoms. The maximum absolute atomic E-state index is 5.35. The number of hydrogen-bond acceptors (Lipinski definition) is 8. The minimum absolute atomic E-state index is 0.684. The van der Waals surface area contributed by atoms with Gasteiger partial charge in [-0.1, -0.05) is 47.8 Å². The molecule has 0 aliphatic heterocycles. The van der Waals surface area contributed by atoms with E-state index >= 15 is 0 Å². The second-order valence-electron chi connectivity index (χ2n) is 8.90. The van der Waals surface area contributed by atoms with Gasteiger partial charge in [0.2, 0.25) is 0 Å². The zero-order valence-electron chi connectivity index (χ0n) is 21.9. The van der Waals surface area contributed by atoms with Gasteiger partial charge in [-0.05, 0) is 59.7 Å². The van der Waals surface area contributed by atoms with Gasteiger partial charge in [-0.3, -0.25) is 0 Å². The number of fused-ring (bicyclic) bond motifs is 1. The van der Waals surface area contributed by atoms with Crippen molar-refractivity contribution in [3.63, 3.8) is 0 Å². The summed E-state index contributed by atoms with van der Waals surface area (Å²) in [5, 5.41) is 1.76. The van der Waals surface area contributed by atoms with Gasteiger partial charge in [0.15, 0.2) is 10.8 Å². The molecule has 6 rings (SSSR count). The number of ether oxygens (including phenoxy) is 2. The van der Waals surface area contributed by atoms with Gasteiger partial charge in [0, 0.05) is 22.6 Å². The lowest BCUT2D eigenvalue weighted by atomic mass is 10.0. The summed E-state index contributed by atoms with van der Waals surface area (Å²) < 4.78 is 10.7. The highest BCUT2D eigenvalue weighted by atomic mass is 32.2. The molecule has 0 saturated carbocycles. The molecule has 0 unspecified atom stereocenters. The number of rotatable bonds is 10. The van der Waals surface area contributed by atoms with Crippen molar-refractivity contribution in [1.82, 2.24) is 29.9 Å². The molecule has 0 aliphatic carbocycles. The first-order chi connectivity index (χ1) is 19.7. The Morgan fingerprint density at radius 3 is 2.12 bits per heavy atom. The minimum atomic E-state index is 0.684. The van der Waals surface area contributed by atoms with Gasteiger partial charge in [-0.15, -0.1) is 0 Å². The van der Waals surface area contributed by atoms with Crippen molar-refractivity contribution in [3.8, 4) is 34.0 Å². The van der Waals surface area contributed by atoms with Crippen LogP contribution in [0.5, 0.6) is 11.5 Å². The molecule has 3 aromatic carbocycles. The number of aromatic nitrogens is 6. The second-order valence-corrected chi connectivity index (χ2v) is 10.8. The molecule has 200 valence electrons. The molecular formula is C30H26N6O2S2. The van der Waals surface area contributed by atoms with E-state index in [-0.39, 0.29) is 0 Å². The van der Waals surface area contributed by atoms with Crippen LogP contribution in [0.3, 0.4) is 0 Å². The number of thioether (sulfide) groups is 2. The molecule has 3 aromatic heterocycles. The number of methoxy groups -OCH3 is 2. The number of benzene rings is 3. The fourth-order valence-electron chi connectivity index (χ4n) is 4.31. The van der Waals surface area contributed by atoms with E-state index in [1.807, 2.05) is 48.5 Å². The summed E-state index contributed by atoms with van der Waals surface area (Å²) in [6.07, 6.45) is 3.21. The van der Waals surface area contributed by atoms with Crippen LogP contribution in [0.25, 0.3) is 33.7 Å². The molecule has 3 heterocycles. The fraction of sp³-hybridized carbons (Fsp3) is 0.133. The topological polar surface area (TPSA) is 102 Å². The Morgan fingerprint density at radius 2 is 1.43 bits per heavy atom. The Kier molecular flexibility index (Phi) is 7.69. The van der Waals surface area contributed by atoms with E-state index in [9.17, 15) is 0 Å². The third kappa shape index (κ3) is 5.68. The number of aromatic amines is 2. The number of hydrogen-bond donors (Lipinski definition) is 2. The maximum atomic E-state index is 5.35. The number of H-pyrrole nitrogens is 2. The zero-order valence-corrected chi connectivity index (χ0v) is 23.6. The standard InChI is InChI=1S/C30H26N6O2S2/c1-37-23-10-6-21(7-11-23)25-26(22-8-12-24(38-2)13-9-22)36-30(35-25)40-16-20-5-3-4-19(14-20)15-39-29-27-28(32-17-31-27)33-18-34-29/h3-14,17-18H,15-16H2,1-2H3,(H,35,36)(H,31,32,33,34). The highest BCUT2D eigenvalue weighted by Crippen LogP contribution is 2.35. The summed E-state index contributed by atoms with van der Waals surface area (Å²) in [4.78, 5) is 24.5. The molecule has 2 N–H and O–H groups in total. The monoisotopic (exact) mass is 566 g/mol. The molecule has 0 spiro atoms. The first kappa shape index (κ1) is 26.0. The first-order valence-electron chi connectivity index (χ1n) is 12.6. The van der Waals surface area contributed by atoms with Crippen LogP contribution in [0.2, 0.25) is 0 Å². The summed E-state index contributed by atoms with van der Waals surface area (Å²) in [5.74, 6) is 3.21. The third-order valence-electron chi connectivity index (χ3n) is 6.35. The van der Waals surface area contributed by atoms with Gasteiger partial charge >= 0.3 is 0 Å². The van der Waals surface area contributed by atoms with Crippen LogP contribution in [0.4, 0.5) is 0 Å². The fourth-order valence-corrected chi connectivity index (χ4v) is 6.02. The lowest BCUT2D eigenvalue weighted by Crippen LogP contribution is -1.89. The van der Waals surface area contributed by atoms with E-state index < -0.39 is 0 Å². The number of imidazole rings is 2. The van der Waals surface area contributed by atoms with Crippen LogP contribution in [0, 0.1) is 0 Å². The molecule has 6 aromatic rings. The van der Waals surface area contributed by atoms with Crippen LogP contribution >= 0.6 is 23.5 Å². The van der Waals surface area contributed by atoms with Gasteiger partial charge in [-0.25, -0.2) is 19.9 Å². The minimum Gasteiger partial charge on any atom is -0.497 e. The van der Waals surface area contributed by atoms with Gasteiger partial charge in [0.25, 0.3) is 0 Å². The van der Waals surface area contributed by atoms with Gasteiger partial charge in [-0.2, -0.15) is 0 Å². The molecule has 10 heteroatoms.